The molecule has 1 amide bonds. The van der Waals surface area contributed by atoms with E-state index in [0.717, 1.165) is 29.8 Å². The molecule has 0 aliphatic rings. The lowest BCUT2D eigenvalue weighted by Gasteiger charge is -2.09. The molecule has 0 radical (unpaired) electrons. The minimum atomic E-state index is -0.447. The predicted octanol–water partition coefficient (Wildman–Crippen LogP) is 3.66. The molecule has 0 unspecified atom stereocenters. The molecule has 27 heavy (non-hydrogen) atoms. The first-order valence-corrected chi connectivity index (χ1v) is 8.74. The van der Waals surface area contributed by atoms with Crippen LogP contribution in [0, 0.1) is 10.1 Å². The number of rotatable bonds is 7. The van der Waals surface area contributed by atoms with Gasteiger partial charge in [0.25, 0.3) is 11.6 Å². The molecular formula is C20H20N4O3. The van der Waals surface area contributed by atoms with Gasteiger partial charge in [-0.25, -0.2) is 4.68 Å². The van der Waals surface area contributed by atoms with E-state index in [1.54, 1.807) is 23.0 Å². The number of hydrogen-bond acceptors (Lipinski definition) is 4. The van der Waals surface area contributed by atoms with E-state index < -0.39 is 4.92 Å². The standard InChI is InChI=1S/C20H20N4O3/c1-2-6-19-18(14-22-23(19)16-7-4-3-5-8-16)20(25)21-13-15-9-11-17(12-10-15)24(26)27/h3-5,7-12,14H,2,6,13H2,1H3,(H,21,25). The van der Waals surface area contributed by atoms with Crippen LogP contribution in [0.1, 0.15) is 35.0 Å². The average Bonchev–Trinajstić information content (AvgIpc) is 3.11. The topological polar surface area (TPSA) is 90.1 Å². The van der Waals surface area contributed by atoms with E-state index in [0.29, 0.717) is 12.1 Å². The first-order chi connectivity index (χ1) is 13.1. The summed E-state index contributed by atoms with van der Waals surface area (Å²) >= 11 is 0. The molecule has 0 bridgehead atoms. The van der Waals surface area contributed by atoms with Gasteiger partial charge in [0.05, 0.1) is 28.1 Å². The fraction of sp³-hybridized carbons (Fsp3) is 0.200. The third-order valence-corrected chi connectivity index (χ3v) is 4.20. The monoisotopic (exact) mass is 364 g/mol. The molecule has 0 aliphatic heterocycles. The van der Waals surface area contributed by atoms with Crippen LogP contribution in [0.3, 0.4) is 0 Å². The molecule has 138 valence electrons. The second-order valence-electron chi connectivity index (χ2n) is 6.11. The Labute approximate surface area is 156 Å². The molecule has 0 fully saturated rings. The maximum atomic E-state index is 12.7. The number of nitrogens with zero attached hydrogens (tertiary/aromatic N) is 3. The number of aromatic nitrogens is 2. The van der Waals surface area contributed by atoms with Gasteiger partial charge in [0.2, 0.25) is 0 Å². The molecule has 0 aliphatic carbocycles. The van der Waals surface area contributed by atoms with E-state index in [9.17, 15) is 14.9 Å². The molecule has 0 atom stereocenters. The Morgan fingerprint density at radius 3 is 2.48 bits per heavy atom. The van der Waals surface area contributed by atoms with Crippen molar-refractivity contribution >= 4 is 11.6 Å². The highest BCUT2D eigenvalue weighted by Gasteiger charge is 2.17. The predicted molar refractivity (Wildman–Crippen MR) is 102 cm³/mol. The van der Waals surface area contributed by atoms with Crippen molar-refractivity contribution < 1.29 is 9.72 Å². The first-order valence-electron chi connectivity index (χ1n) is 8.74. The third-order valence-electron chi connectivity index (χ3n) is 4.20. The minimum Gasteiger partial charge on any atom is -0.348 e. The summed E-state index contributed by atoms with van der Waals surface area (Å²) in [5.74, 6) is -0.209. The van der Waals surface area contributed by atoms with Gasteiger partial charge in [-0.3, -0.25) is 14.9 Å². The number of nitro benzene ring substituents is 1. The summed E-state index contributed by atoms with van der Waals surface area (Å²) in [4.78, 5) is 22.9. The van der Waals surface area contributed by atoms with Crippen molar-refractivity contribution in [1.82, 2.24) is 15.1 Å². The maximum absolute atomic E-state index is 12.7. The SMILES string of the molecule is CCCc1c(C(=O)NCc2ccc([N+](=O)[O-])cc2)cnn1-c1ccccc1. The molecule has 0 spiro atoms. The molecule has 2 aromatic carbocycles. The molecule has 1 heterocycles. The molecule has 0 saturated heterocycles. The lowest BCUT2D eigenvalue weighted by Crippen LogP contribution is -2.24. The van der Waals surface area contributed by atoms with Gasteiger partial charge in [0.1, 0.15) is 0 Å². The van der Waals surface area contributed by atoms with E-state index in [2.05, 4.69) is 17.3 Å². The lowest BCUT2D eigenvalue weighted by atomic mass is 10.1. The Kier molecular flexibility index (Phi) is 5.61. The number of benzene rings is 2. The Morgan fingerprint density at radius 2 is 1.85 bits per heavy atom. The summed E-state index contributed by atoms with van der Waals surface area (Å²) in [6, 6.07) is 15.8. The zero-order valence-corrected chi connectivity index (χ0v) is 15.0. The first kappa shape index (κ1) is 18.3. The van der Waals surface area contributed by atoms with Crippen LogP contribution in [-0.4, -0.2) is 20.6 Å². The molecule has 3 aromatic rings. The van der Waals surface area contributed by atoms with Crippen molar-refractivity contribution in [3.63, 3.8) is 0 Å². The normalized spacial score (nSPS) is 10.6. The summed E-state index contributed by atoms with van der Waals surface area (Å²) in [5.41, 5.74) is 3.14. The van der Waals surface area contributed by atoms with Crippen LogP contribution in [0.5, 0.6) is 0 Å². The number of hydrogen-bond donors (Lipinski definition) is 1. The Hall–Kier alpha value is -3.48. The van der Waals surface area contributed by atoms with Gasteiger partial charge in [-0.2, -0.15) is 5.10 Å². The smallest absolute Gasteiger partial charge is 0.269 e. The zero-order valence-electron chi connectivity index (χ0n) is 15.0. The summed E-state index contributed by atoms with van der Waals surface area (Å²) in [5, 5.41) is 18.0. The van der Waals surface area contributed by atoms with E-state index >= 15 is 0 Å². The second-order valence-corrected chi connectivity index (χ2v) is 6.11. The van der Waals surface area contributed by atoms with Gasteiger partial charge >= 0.3 is 0 Å². The van der Waals surface area contributed by atoms with Crippen LogP contribution in [0.25, 0.3) is 5.69 Å². The number of nitrogens with one attached hydrogen (secondary N) is 1. The van der Waals surface area contributed by atoms with Crippen LogP contribution in [0.15, 0.2) is 60.8 Å². The van der Waals surface area contributed by atoms with Crippen molar-refractivity contribution in [2.24, 2.45) is 0 Å². The molecule has 1 N–H and O–H groups in total. The Balaban J connectivity index is 1.76. The quantitative estimate of drug-likeness (QED) is 0.512. The van der Waals surface area contributed by atoms with Gasteiger partial charge in [0, 0.05) is 18.7 Å². The van der Waals surface area contributed by atoms with Crippen molar-refractivity contribution in [3.05, 3.63) is 87.7 Å². The number of carbonyl (C=O) groups is 1. The molecule has 7 heteroatoms. The number of nitro groups is 1. The van der Waals surface area contributed by atoms with Crippen LogP contribution in [0.4, 0.5) is 5.69 Å². The third kappa shape index (κ3) is 4.20. The molecular weight excluding hydrogens is 344 g/mol. The number of non-ortho nitro benzene ring substituents is 1. The molecule has 3 rings (SSSR count). The molecule has 7 nitrogen and oxygen atoms in total. The highest BCUT2D eigenvalue weighted by Crippen LogP contribution is 2.17. The van der Waals surface area contributed by atoms with Crippen molar-refractivity contribution in [3.8, 4) is 5.69 Å². The summed E-state index contributed by atoms with van der Waals surface area (Å²) in [7, 11) is 0. The van der Waals surface area contributed by atoms with Crippen molar-refractivity contribution in [2.75, 3.05) is 0 Å². The number of para-hydroxylation sites is 1. The van der Waals surface area contributed by atoms with Gasteiger partial charge in [-0.1, -0.05) is 43.7 Å². The number of carbonyl (C=O) groups excluding carboxylic acids is 1. The van der Waals surface area contributed by atoms with Gasteiger partial charge in [-0.05, 0) is 24.1 Å². The van der Waals surface area contributed by atoms with Crippen LogP contribution in [0.2, 0.25) is 0 Å². The largest absolute Gasteiger partial charge is 0.348 e. The van der Waals surface area contributed by atoms with Crippen LogP contribution >= 0.6 is 0 Å². The number of amides is 1. The maximum Gasteiger partial charge on any atom is 0.269 e. The minimum absolute atomic E-state index is 0.0273. The Morgan fingerprint density at radius 1 is 1.15 bits per heavy atom. The molecule has 1 aromatic heterocycles. The van der Waals surface area contributed by atoms with E-state index in [-0.39, 0.29) is 11.6 Å². The van der Waals surface area contributed by atoms with Gasteiger partial charge in [-0.15, -0.1) is 0 Å². The fourth-order valence-corrected chi connectivity index (χ4v) is 2.85. The van der Waals surface area contributed by atoms with Crippen molar-refractivity contribution in [2.45, 2.75) is 26.3 Å². The van der Waals surface area contributed by atoms with Gasteiger partial charge < -0.3 is 5.32 Å². The Bertz CT molecular complexity index is 934. The second kappa shape index (κ2) is 8.27. The summed E-state index contributed by atoms with van der Waals surface area (Å²) < 4.78 is 1.80. The van der Waals surface area contributed by atoms with Gasteiger partial charge in [0.15, 0.2) is 0 Å². The lowest BCUT2D eigenvalue weighted by molar-refractivity contribution is -0.384. The average molecular weight is 364 g/mol. The summed E-state index contributed by atoms with van der Waals surface area (Å²) in [6.07, 6.45) is 3.21. The van der Waals surface area contributed by atoms with Crippen LogP contribution < -0.4 is 5.32 Å². The zero-order chi connectivity index (χ0) is 19.2. The summed E-state index contributed by atoms with van der Waals surface area (Å²) in [6.45, 7) is 2.35. The fourth-order valence-electron chi connectivity index (χ4n) is 2.85. The van der Waals surface area contributed by atoms with Crippen molar-refractivity contribution in [1.29, 1.82) is 0 Å². The van der Waals surface area contributed by atoms with Crippen LogP contribution in [-0.2, 0) is 13.0 Å². The van der Waals surface area contributed by atoms with E-state index in [4.69, 9.17) is 0 Å². The highest BCUT2D eigenvalue weighted by molar-refractivity contribution is 5.95. The van der Waals surface area contributed by atoms with E-state index in [1.165, 1.54) is 12.1 Å². The highest BCUT2D eigenvalue weighted by atomic mass is 16.6. The molecule has 0 saturated carbocycles. The van der Waals surface area contributed by atoms with E-state index in [1.807, 2.05) is 30.3 Å².